The van der Waals surface area contributed by atoms with E-state index >= 15 is 0 Å². The Morgan fingerprint density at radius 3 is 2.40 bits per heavy atom. The van der Waals surface area contributed by atoms with Crippen LogP contribution in [0.2, 0.25) is 0 Å². The molecule has 1 unspecified atom stereocenters. The summed E-state index contributed by atoms with van der Waals surface area (Å²) in [4.78, 5) is 2.66. The molecular weight excluding hydrogens is 244 g/mol. The molecule has 2 aliphatic carbocycles. The average Bonchev–Trinajstić information content (AvgIpc) is 2.87. The van der Waals surface area contributed by atoms with E-state index in [4.69, 9.17) is 0 Å². The molecule has 2 nitrogen and oxygen atoms in total. The highest BCUT2D eigenvalue weighted by Gasteiger charge is 2.58. The Morgan fingerprint density at radius 2 is 1.80 bits per heavy atom. The lowest BCUT2D eigenvalue weighted by molar-refractivity contribution is 0.103. The van der Waals surface area contributed by atoms with Crippen LogP contribution in [-0.4, -0.2) is 37.1 Å². The summed E-state index contributed by atoms with van der Waals surface area (Å²) in [6.45, 7) is 15.0. The summed E-state index contributed by atoms with van der Waals surface area (Å²) >= 11 is 0. The zero-order chi connectivity index (χ0) is 14.4. The van der Waals surface area contributed by atoms with Gasteiger partial charge < -0.3 is 10.2 Å². The van der Waals surface area contributed by atoms with E-state index in [0.717, 1.165) is 17.9 Å². The van der Waals surface area contributed by atoms with Crippen LogP contribution in [0.3, 0.4) is 0 Å². The predicted molar refractivity (Wildman–Crippen MR) is 85.9 cm³/mol. The third kappa shape index (κ3) is 2.54. The van der Waals surface area contributed by atoms with Gasteiger partial charge in [-0.25, -0.2) is 0 Å². The van der Waals surface area contributed by atoms with Crippen LogP contribution in [0.25, 0.3) is 0 Å². The zero-order valence-corrected chi connectivity index (χ0v) is 14.0. The van der Waals surface area contributed by atoms with Crippen LogP contribution in [0.5, 0.6) is 0 Å². The van der Waals surface area contributed by atoms with Crippen LogP contribution in [0.15, 0.2) is 0 Å². The van der Waals surface area contributed by atoms with E-state index in [1.807, 2.05) is 0 Å². The standard InChI is InChI=1S/C18H34N2/c1-14-6-10-20(11-7-14)12-9-19-16-17(2,3)15-5-8-18(16,4)13-15/h14-16,19H,5-13H2,1-4H3/t15-,16?,18+/m0/s1. The molecule has 0 aromatic carbocycles. The van der Waals surface area contributed by atoms with Crippen LogP contribution >= 0.6 is 0 Å². The van der Waals surface area contributed by atoms with Crippen molar-refractivity contribution < 1.29 is 0 Å². The first kappa shape index (κ1) is 14.8. The number of fused-ring (bicyclic) bond motifs is 2. The summed E-state index contributed by atoms with van der Waals surface area (Å²) < 4.78 is 0. The molecule has 1 aliphatic heterocycles. The van der Waals surface area contributed by atoms with Gasteiger partial charge in [0.1, 0.15) is 0 Å². The summed E-state index contributed by atoms with van der Waals surface area (Å²) in [7, 11) is 0. The molecule has 0 radical (unpaired) electrons. The molecule has 3 atom stereocenters. The maximum atomic E-state index is 3.96. The second-order valence-electron chi connectivity index (χ2n) is 8.83. The first-order chi connectivity index (χ1) is 9.42. The Bertz CT molecular complexity index is 339. The molecule has 0 spiro atoms. The molecule has 20 heavy (non-hydrogen) atoms. The fourth-order valence-electron chi connectivity index (χ4n) is 5.46. The second-order valence-corrected chi connectivity index (χ2v) is 8.83. The number of hydrogen-bond acceptors (Lipinski definition) is 2. The summed E-state index contributed by atoms with van der Waals surface area (Å²) in [6, 6.07) is 0.734. The minimum atomic E-state index is 0.503. The van der Waals surface area contributed by atoms with Gasteiger partial charge in [-0.15, -0.1) is 0 Å². The number of hydrogen-bond donors (Lipinski definition) is 1. The van der Waals surface area contributed by atoms with Gasteiger partial charge in [-0.05, 0) is 67.9 Å². The largest absolute Gasteiger partial charge is 0.312 e. The highest BCUT2D eigenvalue weighted by Crippen LogP contribution is 2.62. The molecule has 2 bridgehead atoms. The molecule has 3 fully saturated rings. The Morgan fingerprint density at radius 1 is 1.10 bits per heavy atom. The van der Waals surface area contributed by atoms with Crippen LogP contribution in [0.1, 0.15) is 59.8 Å². The lowest BCUT2D eigenvalue weighted by atomic mass is 9.68. The summed E-state index contributed by atoms with van der Waals surface area (Å²) in [5.74, 6) is 1.91. The molecule has 0 aromatic heterocycles. The minimum Gasteiger partial charge on any atom is -0.312 e. The van der Waals surface area contributed by atoms with E-state index in [-0.39, 0.29) is 0 Å². The van der Waals surface area contributed by atoms with Crippen molar-refractivity contribution in [2.45, 2.75) is 65.8 Å². The number of rotatable bonds is 4. The van der Waals surface area contributed by atoms with Crippen molar-refractivity contribution in [1.29, 1.82) is 0 Å². The van der Waals surface area contributed by atoms with E-state index in [1.165, 1.54) is 58.3 Å². The molecule has 3 rings (SSSR count). The maximum Gasteiger partial charge on any atom is 0.0175 e. The van der Waals surface area contributed by atoms with Gasteiger partial charge in [0.05, 0.1) is 0 Å². The Hall–Kier alpha value is -0.0800. The molecule has 2 heteroatoms. The number of nitrogens with one attached hydrogen (secondary N) is 1. The number of nitrogens with zero attached hydrogens (tertiary/aromatic N) is 1. The number of piperidine rings is 1. The van der Waals surface area contributed by atoms with E-state index in [1.54, 1.807) is 0 Å². The van der Waals surface area contributed by atoms with E-state index in [9.17, 15) is 0 Å². The predicted octanol–water partition coefficient (Wildman–Crippen LogP) is 3.52. The normalized spacial score (nSPS) is 41.4. The van der Waals surface area contributed by atoms with Crippen molar-refractivity contribution in [3.05, 3.63) is 0 Å². The molecule has 1 saturated heterocycles. The highest BCUT2D eigenvalue weighted by atomic mass is 15.1. The molecule has 0 aromatic rings. The number of likely N-dealkylation sites (tertiary alicyclic amines) is 1. The Balaban J connectivity index is 1.49. The lowest BCUT2D eigenvalue weighted by Gasteiger charge is -2.43. The molecule has 2 saturated carbocycles. The van der Waals surface area contributed by atoms with Crippen molar-refractivity contribution >= 4 is 0 Å². The van der Waals surface area contributed by atoms with Crippen molar-refractivity contribution in [2.75, 3.05) is 26.2 Å². The topological polar surface area (TPSA) is 15.3 Å². The van der Waals surface area contributed by atoms with Crippen LogP contribution in [0, 0.1) is 22.7 Å². The summed E-state index contributed by atoms with van der Waals surface area (Å²) in [5.41, 5.74) is 1.08. The van der Waals surface area contributed by atoms with E-state index in [0.29, 0.717) is 10.8 Å². The monoisotopic (exact) mass is 278 g/mol. The van der Waals surface area contributed by atoms with Gasteiger partial charge in [-0.3, -0.25) is 0 Å². The van der Waals surface area contributed by atoms with Crippen molar-refractivity contribution in [2.24, 2.45) is 22.7 Å². The molecule has 1 heterocycles. The van der Waals surface area contributed by atoms with Gasteiger partial charge in [0, 0.05) is 19.1 Å². The minimum absolute atomic E-state index is 0.503. The Kier molecular flexibility index (Phi) is 3.92. The molecule has 116 valence electrons. The van der Waals surface area contributed by atoms with E-state index < -0.39 is 0 Å². The van der Waals surface area contributed by atoms with E-state index in [2.05, 4.69) is 37.9 Å². The van der Waals surface area contributed by atoms with Gasteiger partial charge in [-0.2, -0.15) is 0 Å². The van der Waals surface area contributed by atoms with Gasteiger partial charge in [-0.1, -0.05) is 27.7 Å². The van der Waals surface area contributed by atoms with Crippen LogP contribution in [-0.2, 0) is 0 Å². The van der Waals surface area contributed by atoms with Crippen molar-refractivity contribution in [3.63, 3.8) is 0 Å². The first-order valence-corrected chi connectivity index (χ1v) is 8.87. The third-order valence-corrected chi connectivity index (χ3v) is 6.92. The van der Waals surface area contributed by atoms with Gasteiger partial charge in [0.25, 0.3) is 0 Å². The molecule has 0 amide bonds. The molecule has 3 aliphatic rings. The van der Waals surface area contributed by atoms with Gasteiger partial charge in [0.15, 0.2) is 0 Å². The van der Waals surface area contributed by atoms with Crippen molar-refractivity contribution in [1.82, 2.24) is 10.2 Å². The zero-order valence-electron chi connectivity index (χ0n) is 14.0. The quantitative estimate of drug-likeness (QED) is 0.846. The fraction of sp³-hybridized carbons (Fsp3) is 1.00. The summed E-state index contributed by atoms with van der Waals surface area (Å²) in [5, 5.41) is 3.96. The SMILES string of the molecule is CC1CCN(CCNC2C(C)(C)[C@H]3CC[C@]2(C)C3)CC1. The van der Waals surface area contributed by atoms with Crippen LogP contribution in [0.4, 0.5) is 0 Å². The lowest BCUT2D eigenvalue weighted by Crippen LogP contribution is -2.52. The average molecular weight is 278 g/mol. The fourth-order valence-corrected chi connectivity index (χ4v) is 5.46. The highest BCUT2D eigenvalue weighted by molar-refractivity contribution is 5.11. The maximum absolute atomic E-state index is 3.96. The molecule has 1 N–H and O–H groups in total. The second kappa shape index (κ2) is 5.28. The summed E-state index contributed by atoms with van der Waals surface area (Å²) in [6.07, 6.45) is 7.16. The third-order valence-electron chi connectivity index (χ3n) is 6.92. The van der Waals surface area contributed by atoms with Crippen LogP contribution < -0.4 is 5.32 Å². The first-order valence-electron chi connectivity index (χ1n) is 8.87. The van der Waals surface area contributed by atoms with Gasteiger partial charge in [0.2, 0.25) is 0 Å². The van der Waals surface area contributed by atoms with Crippen molar-refractivity contribution in [3.8, 4) is 0 Å². The van der Waals surface area contributed by atoms with Gasteiger partial charge >= 0.3 is 0 Å². The smallest absolute Gasteiger partial charge is 0.0175 e. The molecular formula is C18H34N2. The Labute approximate surface area is 125 Å².